The molecule has 0 saturated heterocycles. The van der Waals surface area contributed by atoms with Gasteiger partial charge in [0, 0.05) is 9.77 Å². The monoisotopic (exact) mass is 354 g/mol. The molecule has 0 fully saturated rings. The number of phenols is 1. The number of hydrogen-bond donors (Lipinski definition) is 1. The first-order chi connectivity index (χ1) is 8.24. The predicted octanol–water partition coefficient (Wildman–Crippen LogP) is 3.67. The predicted molar refractivity (Wildman–Crippen MR) is 77.2 cm³/mol. The average Bonchev–Trinajstić information content (AvgIpc) is 2.75. The maximum absolute atomic E-state index is 9.86. The van der Waals surface area contributed by atoms with Gasteiger partial charge >= 0.3 is 0 Å². The van der Waals surface area contributed by atoms with Crippen molar-refractivity contribution in [2.24, 2.45) is 0 Å². The number of halogens is 1. The minimum absolute atomic E-state index is 0.262. The van der Waals surface area contributed by atoms with Crippen LogP contribution in [-0.4, -0.2) is 15.1 Å². The summed E-state index contributed by atoms with van der Waals surface area (Å²) in [4.78, 5) is 8.52. The Morgan fingerprint density at radius 2 is 2.12 bits per heavy atom. The molecule has 2 aromatic heterocycles. The van der Waals surface area contributed by atoms with Crippen LogP contribution >= 0.6 is 33.9 Å². The van der Waals surface area contributed by atoms with Crippen molar-refractivity contribution in [2.75, 3.05) is 0 Å². The normalized spacial score (nSPS) is 10.9. The molecule has 0 amide bonds. The maximum Gasteiger partial charge on any atom is 0.128 e. The van der Waals surface area contributed by atoms with Gasteiger partial charge in [0.1, 0.15) is 16.3 Å². The fourth-order valence-corrected chi connectivity index (χ4v) is 3.02. The lowest BCUT2D eigenvalue weighted by Gasteiger charge is -2.00. The van der Waals surface area contributed by atoms with Gasteiger partial charge in [-0.2, -0.15) is 0 Å². The Bertz CT molecular complexity index is 663. The number of thiazole rings is 1. The molecule has 2 heterocycles. The second-order valence-corrected chi connectivity index (χ2v) is 5.80. The van der Waals surface area contributed by atoms with Gasteiger partial charge in [-0.3, -0.25) is 4.98 Å². The van der Waals surface area contributed by atoms with Crippen molar-refractivity contribution in [3.8, 4) is 16.3 Å². The minimum Gasteiger partial charge on any atom is -0.507 e. The lowest BCUT2D eigenvalue weighted by molar-refractivity contribution is 0.477. The summed E-state index contributed by atoms with van der Waals surface area (Å²) in [5.41, 5.74) is 1.64. The van der Waals surface area contributed by atoms with E-state index in [1.807, 2.05) is 18.2 Å². The van der Waals surface area contributed by atoms with E-state index in [0.29, 0.717) is 0 Å². The van der Waals surface area contributed by atoms with Gasteiger partial charge in [0.05, 0.1) is 16.5 Å². The number of aromatic hydroxyl groups is 1. The molecule has 3 nitrogen and oxygen atoms in total. The first-order valence-electron chi connectivity index (χ1n) is 4.93. The van der Waals surface area contributed by atoms with E-state index in [2.05, 4.69) is 32.6 Å². The molecule has 0 radical (unpaired) electrons. The standard InChI is InChI=1S/C12H7IN2OS/c13-7-1-2-10(16)8(5-7)12-15-9-6-14-4-3-11(9)17-12/h1-6,16H. The van der Waals surface area contributed by atoms with E-state index in [0.717, 1.165) is 24.4 Å². The fourth-order valence-electron chi connectivity index (χ4n) is 1.57. The molecule has 0 aliphatic carbocycles. The largest absolute Gasteiger partial charge is 0.507 e. The molecule has 3 rings (SSSR count). The molecule has 0 unspecified atom stereocenters. The quantitative estimate of drug-likeness (QED) is 0.679. The molecule has 0 atom stereocenters. The van der Waals surface area contributed by atoms with Crippen LogP contribution in [0.5, 0.6) is 5.75 Å². The fraction of sp³-hybridized carbons (Fsp3) is 0. The number of benzene rings is 1. The summed E-state index contributed by atoms with van der Waals surface area (Å²) in [6.07, 6.45) is 3.49. The Morgan fingerprint density at radius 1 is 1.24 bits per heavy atom. The molecule has 84 valence electrons. The van der Waals surface area contributed by atoms with Crippen LogP contribution in [-0.2, 0) is 0 Å². The molecule has 0 bridgehead atoms. The van der Waals surface area contributed by atoms with E-state index >= 15 is 0 Å². The van der Waals surface area contributed by atoms with Crippen molar-refractivity contribution < 1.29 is 5.11 Å². The van der Waals surface area contributed by atoms with E-state index < -0.39 is 0 Å². The highest BCUT2D eigenvalue weighted by Crippen LogP contribution is 2.35. The topological polar surface area (TPSA) is 46.0 Å². The van der Waals surface area contributed by atoms with E-state index in [9.17, 15) is 5.11 Å². The first-order valence-corrected chi connectivity index (χ1v) is 6.83. The van der Waals surface area contributed by atoms with Crippen LogP contribution in [0, 0.1) is 3.57 Å². The van der Waals surface area contributed by atoms with Crippen molar-refractivity contribution in [2.45, 2.75) is 0 Å². The van der Waals surface area contributed by atoms with Crippen molar-refractivity contribution in [3.05, 3.63) is 40.2 Å². The molecule has 17 heavy (non-hydrogen) atoms. The summed E-state index contributed by atoms with van der Waals surface area (Å²) >= 11 is 3.78. The number of rotatable bonds is 1. The Morgan fingerprint density at radius 3 is 2.94 bits per heavy atom. The van der Waals surface area contributed by atoms with E-state index in [4.69, 9.17) is 0 Å². The second-order valence-electron chi connectivity index (χ2n) is 3.52. The molecule has 0 saturated carbocycles. The van der Waals surface area contributed by atoms with Crippen LogP contribution in [0.4, 0.5) is 0 Å². The number of pyridine rings is 1. The number of fused-ring (bicyclic) bond motifs is 1. The highest BCUT2D eigenvalue weighted by Gasteiger charge is 2.10. The second kappa shape index (κ2) is 4.23. The molecule has 1 N–H and O–H groups in total. The summed E-state index contributed by atoms with van der Waals surface area (Å²) in [5.74, 6) is 0.262. The molecular weight excluding hydrogens is 347 g/mol. The van der Waals surface area contributed by atoms with Crippen molar-refractivity contribution in [1.82, 2.24) is 9.97 Å². The van der Waals surface area contributed by atoms with Crippen LogP contribution in [0.15, 0.2) is 36.7 Å². The number of phenolic OH excluding ortho intramolecular Hbond substituents is 1. The van der Waals surface area contributed by atoms with Crippen LogP contribution in [0.25, 0.3) is 20.8 Å². The van der Waals surface area contributed by atoms with Crippen molar-refractivity contribution in [3.63, 3.8) is 0 Å². The first kappa shape index (κ1) is 10.9. The van der Waals surface area contributed by atoms with Gasteiger partial charge in [-0.05, 0) is 46.9 Å². The summed E-state index contributed by atoms with van der Waals surface area (Å²) in [7, 11) is 0. The van der Waals surface area contributed by atoms with Gasteiger partial charge in [0.15, 0.2) is 0 Å². The molecule has 1 aromatic carbocycles. The summed E-state index contributed by atoms with van der Waals surface area (Å²) < 4.78 is 2.15. The highest BCUT2D eigenvalue weighted by atomic mass is 127. The molecule has 5 heteroatoms. The number of hydrogen-bond acceptors (Lipinski definition) is 4. The maximum atomic E-state index is 9.86. The third-order valence-electron chi connectivity index (χ3n) is 2.38. The van der Waals surface area contributed by atoms with E-state index in [-0.39, 0.29) is 5.75 Å². The minimum atomic E-state index is 0.262. The Labute approximate surface area is 115 Å². The third-order valence-corrected chi connectivity index (χ3v) is 4.12. The lowest BCUT2D eigenvalue weighted by atomic mass is 10.2. The van der Waals surface area contributed by atoms with Gasteiger partial charge in [-0.25, -0.2) is 4.98 Å². The van der Waals surface area contributed by atoms with Crippen molar-refractivity contribution >= 4 is 44.1 Å². The average molecular weight is 354 g/mol. The zero-order chi connectivity index (χ0) is 11.8. The number of nitrogens with zero attached hydrogens (tertiary/aromatic N) is 2. The van der Waals surface area contributed by atoms with Crippen LogP contribution < -0.4 is 0 Å². The molecule has 0 spiro atoms. The molecule has 3 aromatic rings. The van der Waals surface area contributed by atoms with Gasteiger partial charge in [0.2, 0.25) is 0 Å². The van der Waals surface area contributed by atoms with Crippen LogP contribution in [0.2, 0.25) is 0 Å². The highest BCUT2D eigenvalue weighted by molar-refractivity contribution is 14.1. The Kier molecular flexibility index (Phi) is 2.71. The number of aromatic nitrogens is 2. The zero-order valence-electron chi connectivity index (χ0n) is 8.59. The summed E-state index contributed by atoms with van der Waals surface area (Å²) in [6, 6.07) is 7.43. The SMILES string of the molecule is Oc1ccc(I)cc1-c1nc2cnccc2s1. The third kappa shape index (κ3) is 2.00. The summed E-state index contributed by atoms with van der Waals surface area (Å²) in [5, 5.41) is 10.7. The van der Waals surface area contributed by atoms with E-state index in [1.54, 1.807) is 29.8 Å². The van der Waals surface area contributed by atoms with Gasteiger partial charge < -0.3 is 5.11 Å². The molecule has 0 aliphatic heterocycles. The van der Waals surface area contributed by atoms with Crippen LogP contribution in [0.3, 0.4) is 0 Å². The van der Waals surface area contributed by atoms with E-state index in [1.165, 1.54) is 0 Å². The summed E-state index contributed by atoms with van der Waals surface area (Å²) in [6.45, 7) is 0. The van der Waals surface area contributed by atoms with Crippen molar-refractivity contribution in [1.29, 1.82) is 0 Å². The van der Waals surface area contributed by atoms with Gasteiger partial charge in [-0.15, -0.1) is 11.3 Å². The molecule has 0 aliphatic rings. The lowest BCUT2D eigenvalue weighted by Crippen LogP contribution is -1.79. The molecular formula is C12H7IN2OS. The van der Waals surface area contributed by atoms with Gasteiger partial charge in [0.25, 0.3) is 0 Å². The Hall–Kier alpha value is -1.21. The van der Waals surface area contributed by atoms with Gasteiger partial charge in [-0.1, -0.05) is 0 Å². The Balaban J connectivity index is 2.23. The van der Waals surface area contributed by atoms with Crippen LogP contribution in [0.1, 0.15) is 0 Å². The smallest absolute Gasteiger partial charge is 0.128 e. The zero-order valence-corrected chi connectivity index (χ0v) is 11.6.